The summed E-state index contributed by atoms with van der Waals surface area (Å²) in [4.78, 5) is 0. The smallest absolute Gasteiger partial charge is 0.169 e. The zero-order valence-electron chi connectivity index (χ0n) is 9.43. The van der Waals surface area contributed by atoms with E-state index in [9.17, 15) is 13.0 Å². The zero-order valence-corrected chi connectivity index (χ0v) is 10.2. The number of hydrogen-bond acceptors (Lipinski definition) is 3. The Morgan fingerprint density at radius 1 is 1.31 bits per heavy atom. The van der Waals surface area contributed by atoms with Crippen molar-refractivity contribution >= 4 is 10.1 Å². The van der Waals surface area contributed by atoms with Crippen molar-refractivity contribution in [2.75, 3.05) is 5.75 Å². The van der Waals surface area contributed by atoms with Crippen LogP contribution in [0.1, 0.15) is 25.3 Å². The number of nitrogens with zero attached hydrogens (tertiary/aromatic N) is 1. The van der Waals surface area contributed by atoms with E-state index in [1.807, 2.05) is 29.1 Å². The van der Waals surface area contributed by atoms with Gasteiger partial charge in [-0.1, -0.05) is 13.3 Å². The fourth-order valence-electron chi connectivity index (χ4n) is 1.52. The van der Waals surface area contributed by atoms with Gasteiger partial charge in [0.1, 0.15) is 6.54 Å². The minimum absolute atomic E-state index is 0.295. The van der Waals surface area contributed by atoms with Gasteiger partial charge in [0, 0.05) is 24.3 Å². The number of hydrogen-bond donors (Lipinski definition) is 0. The normalized spacial score (nSPS) is 11.6. The molecule has 0 atom stereocenters. The molecular weight excluding hydrogens is 226 g/mol. The maximum atomic E-state index is 10.4. The van der Waals surface area contributed by atoms with E-state index < -0.39 is 10.1 Å². The minimum Gasteiger partial charge on any atom is -0.748 e. The van der Waals surface area contributed by atoms with Crippen LogP contribution >= 0.6 is 0 Å². The third kappa shape index (κ3) is 5.23. The maximum absolute atomic E-state index is 10.4. The Morgan fingerprint density at radius 3 is 2.44 bits per heavy atom. The summed E-state index contributed by atoms with van der Waals surface area (Å²) < 4.78 is 33.1. The van der Waals surface area contributed by atoms with Crippen LogP contribution in [0.15, 0.2) is 24.5 Å². The van der Waals surface area contributed by atoms with Gasteiger partial charge in [0.2, 0.25) is 0 Å². The first-order chi connectivity index (χ1) is 7.51. The second-order valence-electron chi connectivity index (χ2n) is 3.81. The Hall–Kier alpha value is -0.940. The minimum atomic E-state index is -4.07. The van der Waals surface area contributed by atoms with Crippen LogP contribution in [-0.2, 0) is 23.1 Å². The van der Waals surface area contributed by atoms with Crippen LogP contribution in [0.2, 0.25) is 0 Å². The maximum Gasteiger partial charge on any atom is 0.169 e. The summed E-state index contributed by atoms with van der Waals surface area (Å²) in [6.45, 7) is 2.69. The lowest BCUT2D eigenvalue weighted by molar-refractivity contribution is -0.696. The molecule has 0 aliphatic heterocycles. The van der Waals surface area contributed by atoms with Gasteiger partial charge in [0.15, 0.2) is 12.4 Å². The third-order valence-corrected chi connectivity index (χ3v) is 3.10. The highest BCUT2D eigenvalue weighted by molar-refractivity contribution is 7.85. The van der Waals surface area contributed by atoms with Gasteiger partial charge < -0.3 is 4.55 Å². The number of aryl methyl sites for hydroxylation is 2. The van der Waals surface area contributed by atoms with E-state index in [0.29, 0.717) is 13.0 Å². The highest BCUT2D eigenvalue weighted by Gasteiger charge is 2.02. The molecule has 1 aromatic heterocycles. The number of aromatic nitrogens is 1. The Kier molecular flexibility index (Phi) is 4.89. The molecule has 0 radical (unpaired) electrons. The topological polar surface area (TPSA) is 61.1 Å². The summed E-state index contributed by atoms with van der Waals surface area (Å²) in [5, 5.41) is 0. The van der Waals surface area contributed by atoms with Gasteiger partial charge in [0.05, 0.1) is 10.1 Å². The molecule has 0 bridgehead atoms. The summed E-state index contributed by atoms with van der Waals surface area (Å²) in [7, 11) is -4.07. The third-order valence-electron chi connectivity index (χ3n) is 2.31. The molecule has 4 nitrogen and oxygen atoms in total. The Labute approximate surface area is 96.7 Å². The first-order valence-corrected chi connectivity index (χ1v) is 7.00. The predicted molar refractivity (Wildman–Crippen MR) is 59.8 cm³/mol. The second-order valence-corrected chi connectivity index (χ2v) is 5.33. The van der Waals surface area contributed by atoms with E-state index >= 15 is 0 Å². The van der Waals surface area contributed by atoms with Crippen molar-refractivity contribution in [1.82, 2.24) is 0 Å². The van der Waals surface area contributed by atoms with Crippen molar-refractivity contribution < 1.29 is 17.5 Å². The van der Waals surface area contributed by atoms with Crippen LogP contribution < -0.4 is 4.57 Å². The molecule has 0 fully saturated rings. The molecule has 0 unspecified atom stereocenters. The van der Waals surface area contributed by atoms with Gasteiger partial charge >= 0.3 is 0 Å². The van der Waals surface area contributed by atoms with Crippen molar-refractivity contribution in [3.8, 4) is 0 Å². The summed E-state index contributed by atoms with van der Waals surface area (Å²) in [5.74, 6) is -0.295. The molecule has 0 amide bonds. The van der Waals surface area contributed by atoms with Gasteiger partial charge in [-0.15, -0.1) is 0 Å². The molecule has 0 saturated carbocycles. The second kappa shape index (κ2) is 5.96. The summed E-state index contributed by atoms with van der Waals surface area (Å²) in [5.41, 5.74) is 1.27. The molecule has 5 heteroatoms. The van der Waals surface area contributed by atoms with Crippen LogP contribution in [0.4, 0.5) is 0 Å². The molecule has 0 N–H and O–H groups in total. The molecule has 1 heterocycles. The zero-order chi connectivity index (χ0) is 12.0. The number of pyridine rings is 1. The standard InChI is InChI=1S/C11H17NO3S/c1-2-4-11-5-8-12(9-6-11)7-3-10-16(13,14)15/h5-6,8-9H,2-4,7,10H2,1H3. The molecule has 0 aliphatic carbocycles. The molecule has 90 valence electrons. The van der Waals surface area contributed by atoms with Gasteiger partial charge in [-0.25, -0.2) is 13.0 Å². The van der Waals surface area contributed by atoms with Gasteiger partial charge in [0.25, 0.3) is 0 Å². The Balaban J connectivity index is 2.43. The number of rotatable bonds is 6. The summed E-state index contributed by atoms with van der Waals surface area (Å²) >= 11 is 0. The monoisotopic (exact) mass is 243 g/mol. The van der Waals surface area contributed by atoms with Gasteiger partial charge in [-0.3, -0.25) is 0 Å². The van der Waals surface area contributed by atoms with E-state index in [1.54, 1.807) is 0 Å². The van der Waals surface area contributed by atoms with Gasteiger partial charge in [-0.2, -0.15) is 0 Å². The van der Waals surface area contributed by atoms with Crippen molar-refractivity contribution in [1.29, 1.82) is 0 Å². The summed E-state index contributed by atoms with van der Waals surface area (Å²) in [6, 6.07) is 4.05. The fraction of sp³-hybridized carbons (Fsp3) is 0.545. The van der Waals surface area contributed by atoms with E-state index in [-0.39, 0.29) is 5.75 Å². The van der Waals surface area contributed by atoms with E-state index in [2.05, 4.69) is 6.92 Å². The lowest BCUT2D eigenvalue weighted by atomic mass is 10.1. The molecule has 0 aromatic carbocycles. The van der Waals surface area contributed by atoms with Crippen LogP contribution in [-0.4, -0.2) is 18.7 Å². The quantitative estimate of drug-likeness (QED) is 0.550. The van der Waals surface area contributed by atoms with Gasteiger partial charge in [-0.05, 0) is 12.0 Å². The van der Waals surface area contributed by atoms with Crippen LogP contribution in [0.5, 0.6) is 0 Å². The van der Waals surface area contributed by atoms with Crippen molar-refractivity contribution in [3.05, 3.63) is 30.1 Å². The molecule has 0 saturated heterocycles. The molecule has 1 rings (SSSR count). The molecule has 0 aliphatic rings. The highest BCUT2D eigenvalue weighted by Crippen LogP contribution is 1.99. The molecular formula is C11H17NO3S. The Morgan fingerprint density at radius 2 is 1.94 bits per heavy atom. The van der Waals surface area contributed by atoms with Crippen LogP contribution in [0.3, 0.4) is 0 Å². The highest BCUT2D eigenvalue weighted by atomic mass is 32.2. The Bertz CT molecular complexity index is 411. The molecule has 0 spiro atoms. The van der Waals surface area contributed by atoms with E-state index in [1.165, 1.54) is 5.56 Å². The van der Waals surface area contributed by atoms with Crippen LogP contribution in [0, 0.1) is 0 Å². The first-order valence-electron chi connectivity index (χ1n) is 5.43. The lowest BCUT2D eigenvalue weighted by Gasteiger charge is -2.04. The van der Waals surface area contributed by atoms with Crippen molar-refractivity contribution in [2.24, 2.45) is 0 Å². The molecule has 16 heavy (non-hydrogen) atoms. The van der Waals surface area contributed by atoms with E-state index in [4.69, 9.17) is 0 Å². The van der Waals surface area contributed by atoms with Crippen molar-refractivity contribution in [2.45, 2.75) is 32.7 Å². The lowest BCUT2D eigenvalue weighted by Crippen LogP contribution is -2.33. The average molecular weight is 243 g/mol. The molecule has 1 aromatic rings. The average Bonchev–Trinajstić information content (AvgIpc) is 2.19. The fourth-order valence-corrected chi connectivity index (χ4v) is 2.00. The first kappa shape index (κ1) is 13.1. The van der Waals surface area contributed by atoms with Crippen molar-refractivity contribution in [3.63, 3.8) is 0 Å². The SMILES string of the molecule is CCCc1cc[n+](CCCS(=O)(=O)[O-])cc1. The predicted octanol–water partition coefficient (Wildman–Crippen LogP) is 0.862. The largest absolute Gasteiger partial charge is 0.748 e. The summed E-state index contributed by atoms with van der Waals surface area (Å²) in [6.07, 6.45) is 6.36. The van der Waals surface area contributed by atoms with E-state index in [0.717, 1.165) is 12.8 Å². The van der Waals surface area contributed by atoms with Crippen LogP contribution in [0.25, 0.3) is 0 Å².